The average Bonchev–Trinajstić information content (AvgIpc) is 2.80. The number of anilines is 1. The van der Waals surface area contributed by atoms with Crippen LogP contribution in [0.15, 0.2) is 91.5 Å². The summed E-state index contributed by atoms with van der Waals surface area (Å²) >= 11 is 0. The summed E-state index contributed by atoms with van der Waals surface area (Å²) in [5.41, 5.74) is 10.4. The first kappa shape index (κ1) is 19.8. The number of nitrogens with zero attached hydrogens (tertiary/aromatic N) is 4. The Labute approximate surface area is 186 Å². The molecule has 2 aromatic carbocycles. The van der Waals surface area contributed by atoms with Gasteiger partial charge in [0.2, 0.25) is 0 Å². The zero-order chi connectivity index (χ0) is 19.6. The largest absolute Gasteiger partial charge is 0.398 e. The molecule has 0 aliphatic carbocycles. The molecule has 4 aromatic heterocycles. The van der Waals surface area contributed by atoms with Gasteiger partial charge in [-0.3, -0.25) is 19.9 Å². The second-order valence-electron chi connectivity index (χ2n) is 6.66. The fourth-order valence-electron chi connectivity index (χ4n) is 3.48. The van der Waals surface area contributed by atoms with Crippen molar-refractivity contribution in [3.05, 3.63) is 91.5 Å². The third-order valence-corrected chi connectivity index (χ3v) is 4.84. The predicted molar refractivity (Wildman–Crippen MR) is 119 cm³/mol. The first-order valence-electron chi connectivity index (χ1n) is 9.28. The molecule has 0 spiro atoms. The third-order valence-electron chi connectivity index (χ3n) is 4.84. The summed E-state index contributed by atoms with van der Waals surface area (Å²) in [7, 11) is 0. The molecule has 0 radical (unpaired) electrons. The number of benzene rings is 2. The van der Waals surface area contributed by atoms with Crippen LogP contribution in [0.5, 0.6) is 0 Å². The normalized spacial score (nSPS) is 10.5. The van der Waals surface area contributed by atoms with Gasteiger partial charge in [-0.1, -0.05) is 30.3 Å². The number of hydrogen-bond acceptors (Lipinski definition) is 5. The molecular weight excluding hydrogens is 549 g/mol. The number of fused-ring (bicyclic) bond motifs is 6. The van der Waals surface area contributed by atoms with Gasteiger partial charge in [-0.15, -0.1) is 0 Å². The van der Waals surface area contributed by atoms with Crippen molar-refractivity contribution in [3.63, 3.8) is 0 Å². The van der Waals surface area contributed by atoms with Crippen LogP contribution in [0.2, 0.25) is 0 Å². The maximum absolute atomic E-state index is 5.95. The molecule has 5 nitrogen and oxygen atoms in total. The Hall–Kier alpha value is -3.48. The summed E-state index contributed by atoms with van der Waals surface area (Å²) in [6.45, 7) is 0. The predicted octanol–water partition coefficient (Wildman–Crippen LogP) is 5.15. The van der Waals surface area contributed by atoms with Crippen LogP contribution >= 0.6 is 0 Å². The fraction of sp³-hybridized carbons (Fsp3) is 0. The molecular formula is C24H17N5Os. The van der Waals surface area contributed by atoms with Gasteiger partial charge in [-0.2, -0.15) is 0 Å². The molecule has 6 rings (SSSR count). The zero-order valence-corrected chi connectivity index (χ0v) is 18.4. The van der Waals surface area contributed by atoms with Crippen LogP contribution in [-0.2, 0) is 19.8 Å². The van der Waals surface area contributed by atoms with Crippen LogP contribution in [-0.4, -0.2) is 19.9 Å². The summed E-state index contributed by atoms with van der Waals surface area (Å²) in [6, 6.07) is 21.8. The number of pyridine rings is 4. The maximum atomic E-state index is 5.95. The summed E-state index contributed by atoms with van der Waals surface area (Å²) in [4.78, 5) is 17.4. The quantitative estimate of drug-likeness (QED) is 0.204. The molecule has 4 heterocycles. The van der Waals surface area contributed by atoms with Crippen molar-refractivity contribution < 1.29 is 19.8 Å². The molecule has 0 bridgehead atoms. The smallest absolute Gasteiger partial charge is 0.0985 e. The topological polar surface area (TPSA) is 77.6 Å². The SMILES string of the molecule is Nc1cc2cccnc2c2ncccc12.[Os].c1cnc2c(c1)ccc1cccnc12. The van der Waals surface area contributed by atoms with E-state index in [0.717, 1.165) is 49.3 Å². The molecule has 30 heavy (non-hydrogen) atoms. The standard InChI is InChI=1S/C12H9N3.C12H8N2.Os/c13-10-7-8-3-1-5-14-11(8)12-9(10)4-2-6-15-12;1-3-9-5-6-10-4-2-8-14-12(10)11(9)13-7-1;/h1-7H,13H2;1-8H;. The third kappa shape index (κ3) is 3.58. The molecule has 0 fully saturated rings. The Morgan fingerprint density at radius 2 is 0.933 bits per heavy atom. The molecule has 0 aliphatic heterocycles. The van der Waals surface area contributed by atoms with Gasteiger partial charge in [-0.25, -0.2) is 0 Å². The van der Waals surface area contributed by atoms with Gasteiger partial charge in [0.1, 0.15) is 0 Å². The summed E-state index contributed by atoms with van der Waals surface area (Å²) in [6.07, 6.45) is 7.13. The van der Waals surface area contributed by atoms with Crippen LogP contribution in [0.4, 0.5) is 5.69 Å². The summed E-state index contributed by atoms with van der Waals surface area (Å²) < 4.78 is 0. The minimum atomic E-state index is 0. The van der Waals surface area contributed by atoms with Gasteiger partial charge in [-0.05, 0) is 36.4 Å². The number of nitrogens with two attached hydrogens (primary N) is 1. The van der Waals surface area contributed by atoms with Crippen LogP contribution in [0.3, 0.4) is 0 Å². The molecule has 6 heteroatoms. The van der Waals surface area contributed by atoms with Crippen LogP contribution in [0.25, 0.3) is 43.6 Å². The molecule has 146 valence electrons. The molecule has 0 saturated heterocycles. The van der Waals surface area contributed by atoms with Crippen LogP contribution in [0, 0.1) is 0 Å². The van der Waals surface area contributed by atoms with Crippen molar-refractivity contribution in [1.82, 2.24) is 19.9 Å². The van der Waals surface area contributed by atoms with Gasteiger partial charge in [0.25, 0.3) is 0 Å². The van der Waals surface area contributed by atoms with Crippen molar-refractivity contribution in [2.75, 3.05) is 5.73 Å². The molecule has 0 unspecified atom stereocenters. The minimum absolute atomic E-state index is 0. The molecule has 0 saturated carbocycles. The summed E-state index contributed by atoms with van der Waals surface area (Å²) in [5, 5.41) is 4.27. The van der Waals surface area contributed by atoms with Gasteiger partial charge in [0, 0.05) is 71.8 Å². The Morgan fingerprint density at radius 3 is 1.50 bits per heavy atom. The van der Waals surface area contributed by atoms with Crippen molar-refractivity contribution >= 4 is 49.3 Å². The van der Waals surface area contributed by atoms with E-state index in [2.05, 4.69) is 44.2 Å². The van der Waals surface area contributed by atoms with Gasteiger partial charge in [0.15, 0.2) is 0 Å². The zero-order valence-electron chi connectivity index (χ0n) is 15.9. The molecule has 6 aromatic rings. The molecule has 0 atom stereocenters. The molecule has 0 aliphatic rings. The number of hydrogen-bond donors (Lipinski definition) is 1. The Bertz CT molecular complexity index is 1430. The first-order chi connectivity index (χ1) is 14.3. The van der Waals surface area contributed by atoms with E-state index in [-0.39, 0.29) is 19.8 Å². The van der Waals surface area contributed by atoms with Crippen molar-refractivity contribution in [2.24, 2.45) is 0 Å². The number of nitrogen functional groups attached to an aromatic ring is 1. The van der Waals surface area contributed by atoms with Crippen molar-refractivity contribution in [3.8, 4) is 0 Å². The van der Waals surface area contributed by atoms with E-state index in [1.165, 1.54) is 0 Å². The van der Waals surface area contributed by atoms with Gasteiger partial charge >= 0.3 is 0 Å². The van der Waals surface area contributed by atoms with E-state index in [4.69, 9.17) is 5.73 Å². The van der Waals surface area contributed by atoms with E-state index in [9.17, 15) is 0 Å². The van der Waals surface area contributed by atoms with E-state index in [0.29, 0.717) is 0 Å². The van der Waals surface area contributed by atoms with E-state index in [1.54, 1.807) is 24.8 Å². The Morgan fingerprint density at radius 1 is 0.500 bits per heavy atom. The molecule has 0 amide bonds. The van der Waals surface area contributed by atoms with E-state index >= 15 is 0 Å². The monoisotopic (exact) mass is 567 g/mol. The molecule has 2 N–H and O–H groups in total. The Kier molecular flexibility index (Phi) is 5.60. The second kappa shape index (κ2) is 8.48. The Balaban J connectivity index is 0.000000141. The van der Waals surface area contributed by atoms with Crippen LogP contribution < -0.4 is 5.73 Å². The minimum Gasteiger partial charge on any atom is -0.398 e. The van der Waals surface area contributed by atoms with Gasteiger partial charge in [0.05, 0.1) is 22.1 Å². The number of aromatic nitrogens is 4. The average molecular weight is 566 g/mol. The number of rotatable bonds is 0. The van der Waals surface area contributed by atoms with Crippen molar-refractivity contribution in [2.45, 2.75) is 0 Å². The van der Waals surface area contributed by atoms with E-state index in [1.807, 2.05) is 42.5 Å². The second-order valence-corrected chi connectivity index (χ2v) is 6.66. The van der Waals surface area contributed by atoms with E-state index < -0.39 is 0 Å². The van der Waals surface area contributed by atoms with Gasteiger partial charge < -0.3 is 5.73 Å². The summed E-state index contributed by atoms with van der Waals surface area (Å²) in [5.74, 6) is 0. The van der Waals surface area contributed by atoms with Crippen molar-refractivity contribution in [1.29, 1.82) is 0 Å². The first-order valence-corrected chi connectivity index (χ1v) is 9.28. The fourth-order valence-corrected chi connectivity index (χ4v) is 3.48. The maximum Gasteiger partial charge on any atom is 0.0985 e. The van der Waals surface area contributed by atoms with Crippen LogP contribution in [0.1, 0.15) is 0 Å².